The summed E-state index contributed by atoms with van der Waals surface area (Å²) in [5, 5.41) is 0.732. The van der Waals surface area contributed by atoms with Crippen LogP contribution in [-0.4, -0.2) is 21.1 Å². The first kappa shape index (κ1) is 14.0. The maximum Gasteiger partial charge on any atom is 0.201 e. The second kappa shape index (κ2) is 5.45. The lowest BCUT2D eigenvalue weighted by molar-refractivity contribution is 0.371. The third-order valence-corrected chi connectivity index (χ3v) is 5.44. The van der Waals surface area contributed by atoms with Gasteiger partial charge >= 0.3 is 0 Å². The summed E-state index contributed by atoms with van der Waals surface area (Å²) >= 11 is 7.71. The van der Waals surface area contributed by atoms with Gasteiger partial charge in [-0.1, -0.05) is 18.0 Å². The lowest BCUT2D eigenvalue weighted by Gasteiger charge is -2.29. The number of hydrogen-bond donors (Lipinski definition) is 1. The minimum absolute atomic E-state index is 0.0905. The molecule has 1 fully saturated rings. The van der Waals surface area contributed by atoms with Crippen molar-refractivity contribution in [2.75, 3.05) is 12.0 Å². The smallest absolute Gasteiger partial charge is 0.201 e. The zero-order valence-corrected chi connectivity index (χ0v) is 12.8. The molecule has 0 saturated heterocycles. The van der Waals surface area contributed by atoms with Gasteiger partial charge in [0.2, 0.25) is 5.95 Å². The van der Waals surface area contributed by atoms with Gasteiger partial charge in [-0.3, -0.25) is 0 Å². The topological polar surface area (TPSA) is 43.8 Å². The van der Waals surface area contributed by atoms with Crippen LogP contribution in [-0.2, 0) is 0 Å². The number of hydrogen-bond acceptors (Lipinski definition) is 3. The molecule has 2 aromatic rings. The van der Waals surface area contributed by atoms with Crippen molar-refractivity contribution in [1.82, 2.24) is 9.55 Å². The van der Waals surface area contributed by atoms with E-state index in [1.807, 2.05) is 16.3 Å². The van der Waals surface area contributed by atoms with Crippen LogP contribution in [0.15, 0.2) is 12.1 Å². The van der Waals surface area contributed by atoms with E-state index in [0.717, 1.165) is 18.4 Å². The number of nitrogen functional groups attached to an aromatic ring is 1. The highest BCUT2D eigenvalue weighted by Gasteiger charge is 2.26. The lowest BCUT2D eigenvalue weighted by atomic mass is 9.94. The van der Waals surface area contributed by atoms with Crippen LogP contribution in [0, 0.1) is 5.82 Å². The molecule has 0 aliphatic heterocycles. The molecule has 0 radical (unpaired) electrons. The highest BCUT2D eigenvalue weighted by molar-refractivity contribution is 7.99. The third-order valence-electron chi connectivity index (χ3n) is 4.06. The number of nitrogens with zero attached hydrogens (tertiary/aromatic N) is 2. The van der Waals surface area contributed by atoms with Crippen LogP contribution in [0.4, 0.5) is 10.3 Å². The highest BCUT2D eigenvalue weighted by atomic mass is 35.5. The van der Waals surface area contributed by atoms with Crippen molar-refractivity contribution < 1.29 is 4.39 Å². The summed E-state index contributed by atoms with van der Waals surface area (Å²) in [7, 11) is 0. The molecule has 2 unspecified atom stereocenters. The Morgan fingerprint density at radius 2 is 2.25 bits per heavy atom. The van der Waals surface area contributed by atoms with Gasteiger partial charge in [-0.15, -0.1) is 0 Å². The van der Waals surface area contributed by atoms with Crippen LogP contribution in [0.3, 0.4) is 0 Å². The van der Waals surface area contributed by atoms with Crippen molar-refractivity contribution >= 4 is 40.3 Å². The van der Waals surface area contributed by atoms with Gasteiger partial charge in [0.05, 0.1) is 16.1 Å². The van der Waals surface area contributed by atoms with E-state index >= 15 is 0 Å². The van der Waals surface area contributed by atoms with Gasteiger partial charge in [0.1, 0.15) is 5.82 Å². The van der Waals surface area contributed by atoms with E-state index in [-0.39, 0.29) is 5.02 Å². The van der Waals surface area contributed by atoms with Crippen molar-refractivity contribution in [3.8, 4) is 0 Å². The quantitative estimate of drug-likeness (QED) is 0.901. The number of fused-ring (bicyclic) bond motifs is 1. The van der Waals surface area contributed by atoms with E-state index in [1.165, 1.54) is 18.9 Å². The Hall–Kier alpha value is -0.940. The van der Waals surface area contributed by atoms with Crippen molar-refractivity contribution in [3.05, 3.63) is 23.0 Å². The van der Waals surface area contributed by atoms with Crippen molar-refractivity contribution in [1.29, 1.82) is 0 Å². The molecule has 1 aliphatic carbocycles. The molecule has 108 valence electrons. The van der Waals surface area contributed by atoms with Gasteiger partial charge in [0, 0.05) is 17.4 Å². The normalized spacial score (nSPS) is 23.4. The van der Waals surface area contributed by atoms with Gasteiger partial charge in [-0.05, 0) is 31.6 Å². The molecule has 2 N–H and O–H groups in total. The van der Waals surface area contributed by atoms with Gasteiger partial charge in [0.25, 0.3) is 0 Å². The number of benzene rings is 1. The van der Waals surface area contributed by atoms with Crippen LogP contribution < -0.4 is 5.73 Å². The predicted octanol–water partition coefficient (Wildman–Crippen LogP) is 4.26. The summed E-state index contributed by atoms with van der Waals surface area (Å²) in [4.78, 5) is 4.32. The summed E-state index contributed by atoms with van der Waals surface area (Å²) in [6, 6.07) is 3.30. The number of aromatic nitrogens is 2. The number of halogens is 2. The standard InChI is InChI=1S/C14H17ClFN3S/c1-20-9-4-2-3-8(5-9)19-13-7-11(16)10(15)6-12(13)18-14(19)17/h6-9H,2-5H2,1H3,(H2,17,18). The number of nitrogens with two attached hydrogens (primary N) is 1. The first-order chi connectivity index (χ1) is 9.60. The SMILES string of the molecule is CSC1CCCC(n2c(N)nc3cc(Cl)c(F)cc32)C1. The summed E-state index contributed by atoms with van der Waals surface area (Å²) in [5.74, 6) is 0.0333. The van der Waals surface area contributed by atoms with Crippen LogP contribution in [0.1, 0.15) is 31.7 Å². The van der Waals surface area contributed by atoms with E-state index in [9.17, 15) is 4.39 Å². The monoisotopic (exact) mass is 313 g/mol. The number of rotatable bonds is 2. The molecule has 3 nitrogen and oxygen atoms in total. The zero-order chi connectivity index (χ0) is 14.3. The van der Waals surface area contributed by atoms with E-state index in [2.05, 4.69) is 11.2 Å². The Kier molecular flexibility index (Phi) is 3.82. The molecular formula is C14H17ClFN3S. The zero-order valence-electron chi connectivity index (χ0n) is 11.3. The minimum Gasteiger partial charge on any atom is -0.369 e. The number of thioether (sulfide) groups is 1. The van der Waals surface area contributed by atoms with Gasteiger partial charge in [-0.25, -0.2) is 9.37 Å². The van der Waals surface area contributed by atoms with Crippen LogP contribution in [0.2, 0.25) is 5.02 Å². The van der Waals surface area contributed by atoms with E-state index in [0.29, 0.717) is 22.8 Å². The molecule has 6 heteroatoms. The molecule has 0 amide bonds. The Bertz CT molecular complexity index is 643. The first-order valence-electron chi connectivity index (χ1n) is 6.75. The maximum absolute atomic E-state index is 13.7. The molecule has 1 heterocycles. The molecule has 0 bridgehead atoms. The maximum atomic E-state index is 13.7. The molecule has 2 atom stereocenters. The van der Waals surface area contributed by atoms with Crippen LogP contribution in [0.25, 0.3) is 11.0 Å². The average Bonchev–Trinajstić information content (AvgIpc) is 2.74. The second-order valence-corrected chi connectivity index (χ2v) is 6.82. The highest BCUT2D eigenvalue weighted by Crippen LogP contribution is 2.37. The fraction of sp³-hybridized carbons (Fsp3) is 0.500. The Balaban J connectivity index is 2.06. The first-order valence-corrected chi connectivity index (χ1v) is 8.42. The largest absolute Gasteiger partial charge is 0.369 e. The molecule has 1 aromatic carbocycles. The molecular weight excluding hydrogens is 297 g/mol. The number of anilines is 1. The average molecular weight is 314 g/mol. The van der Waals surface area contributed by atoms with Crippen molar-refractivity contribution in [2.45, 2.75) is 37.0 Å². The summed E-state index contributed by atoms with van der Waals surface area (Å²) in [6.45, 7) is 0. The lowest BCUT2D eigenvalue weighted by Crippen LogP contribution is -2.21. The molecule has 1 saturated carbocycles. The van der Waals surface area contributed by atoms with Crippen LogP contribution in [0.5, 0.6) is 0 Å². The molecule has 0 spiro atoms. The predicted molar refractivity (Wildman–Crippen MR) is 83.9 cm³/mol. The van der Waals surface area contributed by atoms with E-state index < -0.39 is 5.82 Å². The van der Waals surface area contributed by atoms with Crippen molar-refractivity contribution in [3.63, 3.8) is 0 Å². The fourth-order valence-electron chi connectivity index (χ4n) is 3.06. The summed E-state index contributed by atoms with van der Waals surface area (Å²) in [5.41, 5.74) is 7.46. The Morgan fingerprint density at radius 3 is 3.00 bits per heavy atom. The van der Waals surface area contributed by atoms with E-state index in [4.69, 9.17) is 17.3 Å². The Morgan fingerprint density at radius 1 is 1.45 bits per heavy atom. The van der Waals surface area contributed by atoms with Crippen LogP contribution >= 0.6 is 23.4 Å². The van der Waals surface area contributed by atoms with Crippen molar-refractivity contribution in [2.24, 2.45) is 0 Å². The Labute approximate surface area is 126 Å². The fourth-order valence-corrected chi connectivity index (χ4v) is 4.04. The third kappa shape index (κ3) is 2.37. The van der Waals surface area contributed by atoms with Gasteiger partial charge < -0.3 is 10.3 Å². The molecule has 1 aromatic heterocycles. The minimum atomic E-state index is -0.419. The van der Waals surface area contributed by atoms with Gasteiger partial charge in [-0.2, -0.15) is 11.8 Å². The molecule has 20 heavy (non-hydrogen) atoms. The van der Waals surface area contributed by atoms with E-state index in [1.54, 1.807) is 6.07 Å². The summed E-state index contributed by atoms with van der Waals surface area (Å²) in [6.07, 6.45) is 6.68. The summed E-state index contributed by atoms with van der Waals surface area (Å²) < 4.78 is 15.7. The van der Waals surface area contributed by atoms with Gasteiger partial charge in [0.15, 0.2) is 0 Å². The molecule has 1 aliphatic rings. The second-order valence-electron chi connectivity index (χ2n) is 5.27. The number of imidazole rings is 1. The molecule has 3 rings (SSSR count).